The lowest BCUT2D eigenvalue weighted by Crippen LogP contribution is -2.07. The first-order chi connectivity index (χ1) is 10.2. The van der Waals surface area contributed by atoms with Crippen LogP contribution >= 0.6 is 11.6 Å². The van der Waals surface area contributed by atoms with E-state index in [-0.39, 0.29) is 11.1 Å². The number of hydrogen-bond acceptors (Lipinski definition) is 3. The second kappa shape index (κ2) is 6.06. The number of hydrogen-bond donors (Lipinski definition) is 1. The van der Waals surface area contributed by atoms with Crippen molar-refractivity contribution < 1.29 is 4.39 Å². The maximum absolute atomic E-state index is 12.8. The molecule has 5 heteroatoms. The standard InChI is InChI=1S/C16H13ClFN3/c17-16-20-14-4-2-1-3-13(14)15(21-16)19-10-9-11-5-7-12(18)8-6-11/h1-8H,9-10H2,(H,19,20,21). The van der Waals surface area contributed by atoms with Crippen molar-refractivity contribution in [3.8, 4) is 0 Å². The fraction of sp³-hybridized carbons (Fsp3) is 0.125. The Bertz CT molecular complexity index is 759. The molecule has 0 radical (unpaired) electrons. The molecule has 106 valence electrons. The first-order valence-electron chi connectivity index (χ1n) is 6.63. The van der Waals surface area contributed by atoms with E-state index in [4.69, 9.17) is 11.6 Å². The second-order valence-corrected chi connectivity index (χ2v) is 5.00. The van der Waals surface area contributed by atoms with Crippen LogP contribution in [0.2, 0.25) is 5.28 Å². The molecule has 0 saturated carbocycles. The molecule has 0 spiro atoms. The first-order valence-corrected chi connectivity index (χ1v) is 7.01. The number of rotatable bonds is 4. The number of aromatic nitrogens is 2. The summed E-state index contributed by atoms with van der Waals surface area (Å²) in [6.45, 7) is 0.684. The van der Waals surface area contributed by atoms with Crippen LogP contribution in [0.4, 0.5) is 10.2 Å². The van der Waals surface area contributed by atoms with Crippen LogP contribution in [0.1, 0.15) is 5.56 Å². The molecule has 3 aromatic rings. The maximum atomic E-state index is 12.8. The van der Waals surface area contributed by atoms with E-state index < -0.39 is 0 Å². The monoisotopic (exact) mass is 301 g/mol. The van der Waals surface area contributed by atoms with Crippen LogP contribution in [0, 0.1) is 5.82 Å². The highest BCUT2D eigenvalue weighted by atomic mass is 35.5. The van der Waals surface area contributed by atoms with Crippen molar-refractivity contribution in [3.05, 3.63) is 65.2 Å². The Balaban J connectivity index is 1.74. The van der Waals surface area contributed by atoms with E-state index in [9.17, 15) is 4.39 Å². The average Bonchev–Trinajstić information content (AvgIpc) is 2.49. The van der Waals surface area contributed by atoms with Crippen LogP contribution in [0.15, 0.2) is 48.5 Å². The van der Waals surface area contributed by atoms with E-state index in [1.807, 2.05) is 24.3 Å². The molecular weight excluding hydrogens is 289 g/mol. The van der Waals surface area contributed by atoms with Gasteiger partial charge in [-0.05, 0) is 47.9 Å². The van der Waals surface area contributed by atoms with E-state index in [2.05, 4.69) is 15.3 Å². The highest BCUT2D eigenvalue weighted by Gasteiger charge is 2.05. The predicted molar refractivity (Wildman–Crippen MR) is 83.1 cm³/mol. The highest BCUT2D eigenvalue weighted by molar-refractivity contribution is 6.28. The summed E-state index contributed by atoms with van der Waals surface area (Å²) < 4.78 is 12.8. The van der Waals surface area contributed by atoms with E-state index in [0.29, 0.717) is 12.4 Å². The number of nitrogens with one attached hydrogen (secondary N) is 1. The molecule has 1 aromatic heterocycles. The SMILES string of the molecule is Fc1ccc(CCNc2nc(Cl)nc3ccccc23)cc1. The molecule has 0 bridgehead atoms. The van der Waals surface area contributed by atoms with Crippen LogP contribution in [0.3, 0.4) is 0 Å². The van der Waals surface area contributed by atoms with Gasteiger partial charge in [-0.15, -0.1) is 0 Å². The Kier molecular flexibility index (Phi) is 3.97. The molecule has 0 saturated heterocycles. The van der Waals surface area contributed by atoms with Crippen molar-refractivity contribution in [2.75, 3.05) is 11.9 Å². The summed E-state index contributed by atoms with van der Waals surface area (Å²) >= 11 is 5.93. The molecule has 3 rings (SSSR count). The van der Waals surface area contributed by atoms with Crippen LogP contribution in [0.5, 0.6) is 0 Å². The third kappa shape index (κ3) is 3.28. The summed E-state index contributed by atoms with van der Waals surface area (Å²) in [6.07, 6.45) is 0.774. The molecule has 0 fully saturated rings. The van der Waals surface area contributed by atoms with Gasteiger partial charge in [0.25, 0.3) is 0 Å². The van der Waals surface area contributed by atoms with Crippen molar-refractivity contribution in [3.63, 3.8) is 0 Å². The van der Waals surface area contributed by atoms with Crippen LogP contribution in [-0.4, -0.2) is 16.5 Å². The molecule has 1 heterocycles. The lowest BCUT2D eigenvalue weighted by molar-refractivity contribution is 0.627. The van der Waals surface area contributed by atoms with E-state index in [0.717, 1.165) is 22.9 Å². The molecule has 0 atom stereocenters. The summed E-state index contributed by atoms with van der Waals surface area (Å²) in [4.78, 5) is 8.41. The van der Waals surface area contributed by atoms with Gasteiger partial charge in [-0.3, -0.25) is 0 Å². The summed E-state index contributed by atoms with van der Waals surface area (Å²) in [5.41, 5.74) is 1.87. The molecule has 0 aliphatic carbocycles. The fourth-order valence-corrected chi connectivity index (χ4v) is 2.33. The van der Waals surface area contributed by atoms with Gasteiger partial charge in [0, 0.05) is 11.9 Å². The zero-order valence-corrected chi connectivity index (χ0v) is 11.9. The minimum atomic E-state index is -0.222. The quantitative estimate of drug-likeness (QED) is 0.738. The summed E-state index contributed by atoms with van der Waals surface area (Å²) in [6, 6.07) is 14.2. The van der Waals surface area contributed by atoms with Crippen molar-refractivity contribution in [1.82, 2.24) is 9.97 Å². The number of nitrogens with zero attached hydrogens (tertiary/aromatic N) is 2. The number of benzene rings is 2. The third-order valence-corrected chi connectivity index (χ3v) is 3.36. The van der Waals surface area contributed by atoms with E-state index >= 15 is 0 Å². The lowest BCUT2D eigenvalue weighted by atomic mass is 10.1. The van der Waals surface area contributed by atoms with Gasteiger partial charge < -0.3 is 5.32 Å². The van der Waals surface area contributed by atoms with E-state index in [1.54, 1.807) is 12.1 Å². The Hall–Kier alpha value is -2.20. The van der Waals surface area contributed by atoms with Crippen molar-refractivity contribution in [2.24, 2.45) is 0 Å². The lowest BCUT2D eigenvalue weighted by Gasteiger charge is -2.09. The summed E-state index contributed by atoms with van der Waals surface area (Å²) in [5, 5.41) is 4.41. The topological polar surface area (TPSA) is 37.8 Å². The van der Waals surface area contributed by atoms with Gasteiger partial charge in [0.15, 0.2) is 0 Å². The van der Waals surface area contributed by atoms with E-state index in [1.165, 1.54) is 12.1 Å². The van der Waals surface area contributed by atoms with Crippen LogP contribution in [0.25, 0.3) is 10.9 Å². The molecule has 1 N–H and O–H groups in total. The van der Waals surface area contributed by atoms with Gasteiger partial charge in [0.1, 0.15) is 11.6 Å². The highest BCUT2D eigenvalue weighted by Crippen LogP contribution is 2.21. The average molecular weight is 302 g/mol. The first kappa shape index (κ1) is 13.8. The maximum Gasteiger partial charge on any atom is 0.224 e. The van der Waals surface area contributed by atoms with Crippen molar-refractivity contribution >= 4 is 28.3 Å². The summed E-state index contributed by atoms with van der Waals surface area (Å²) in [7, 11) is 0. The van der Waals surface area contributed by atoms with Gasteiger partial charge in [0.05, 0.1) is 5.52 Å². The molecule has 0 unspecified atom stereocenters. The molecule has 0 aliphatic rings. The normalized spacial score (nSPS) is 10.8. The second-order valence-electron chi connectivity index (χ2n) is 4.66. The number of anilines is 1. The van der Waals surface area contributed by atoms with Crippen molar-refractivity contribution in [1.29, 1.82) is 0 Å². The zero-order valence-electron chi connectivity index (χ0n) is 11.2. The van der Waals surface area contributed by atoms with Crippen molar-refractivity contribution in [2.45, 2.75) is 6.42 Å². The predicted octanol–water partition coefficient (Wildman–Crippen LogP) is 4.08. The Morgan fingerprint density at radius 3 is 2.57 bits per heavy atom. The fourth-order valence-electron chi connectivity index (χ4n) is 2.16. The van der Waals surface area contributed by atoms with Gasteiger partial charge in [0.2, 0.25) is 5.28 Å². The van der Waals surface area contributed by atoms with Gasteiger partial charge in [-0.2, -0.15) is 0 Å². The minimum Gasteiger partial charge on any atom is -0.369 e. The summed E-state index contributed by atoms with van der Waals surface area (Å²) in [5.74, 6) is 0.494. The Morgan fingerprint density at radius 1 is 1.00 bits per heavy atom. The van der Waals surface area contributed by atoms with Crippen LogP contribution in [-0.2, 0) is 6.42 Å². The number of halogens is 2. The zero-order chi connectivity index (χ0) is 14.7. The molecule has 3 nitrogen and oxygen atoms in total. The van der Waals surface area contributed by atoms with Gasteiger partial charge >= 0.3 is 0 Å². The van der Waals surface area contributed by atoms with Crippen LogP contribution < -0.4 is 5.32 Å². The third-order valence-electron chi connectivity index (χ3n) is 3.20. The molecule has 21 heavy (non-hydrogen) atoms. The Morgan fingerprint density at radius 2 is 1.76 bits per heavy atom. The van der Waals surface area contributed by atoms with Gasteiger partial charge in [-0.25, -0.2) is 14.4 Å². The smallest absolute Gasteiger partial charge is 0.224 e. The number of fused-ring (bicyclic) bond motifs is 1. The Labute approximate surface area is 126 Å². The molecule has 0 amide bonds. The molecular formula is C16H13ClFN3. The number of para-hydroxylation sites is 1. The molecule has 0 aliphatic heterocycles. The largest absolute Gasteiger partial charge is 0.369 e. The molecule has 2 aromatic carbocycles. The minimum absolute atomic E-state index is 0.220. The van der Waals surface area contributed by atoms with Gasteiger partial charge in [-0.1, -0.05) is 24.3 Å².